The van der Waals surface area contributed by atoms with Gasteiger partial charge in [0.15, 0.2) is 11.5 Å². The van der Waals surface area contributed by atoms with Gasteiger partial charge >= 0.3 is 0 Å². The molecule has 2 aliphatic heterocycles. The fraction of sp³-hybridized carbons (Fsp3) is 0.350. The molecule has 0 aliphatic carbocycles. The highest BCUT2D eigenvalue weighted by atomic mass is 35.5. The molecule has 0 radical (unpaired) electrons. The highest BCUT2D eigenvalue weighted by Crippen LogP contribution is 2.31. The smallest absolute Gasteiger partial charge is 0.255 e. The largest absolute Gasteiger partial charge is 0.486 e. The summed E-state index contributed by atoms with van der Waals surface area (Å²) in [6, 6.07) is 11.0. The number of piperazine rings is 1. The van der Waals surface area contributed by atoms with Crippen LogP contribution in [0.15, 0.2) is 36.4 Å². The van der Waals surface area contributed by atoms with Crippen LogP contribution in [0.1, 0.15) is 15.9 Å². The lowest BCUT2D eigenvalue weighted by Gasteiger charge is -2.35. The number of rotatable bonds is 3. The summed E-state index contributed by atoms with van der Waals surface area (Å²) in [4.78, 5) is 16.9. The maximum atomic E-state index is 12.7. The molecular weight excluding hydrogens is 387 g/mol. The van der Waals surface area contributed by atoms with Crippen molar-refractivity contribution in [3.8, 4) is 11.5 Å². The van der Waals surface area contributed by atoms with Crippen LogP contribution in [0, 0.1) is 0 Å². The minimum absolute atomic E-state index is 0.0681. The van der Waals surface area contributed by atoms with Gasteiger partial charge in [-0.25, -0.2) is 0 Å². The molecule has 0 atom stereocenters. The second-order valence-electron chi connectivity index (χ2n) is 6.67. The van der Waals surface area contributed by atoms with Gasteiger partial charge in [0.1, 0.15) is 13.2 Å². The molecule has 4 rings (SSSR count). The monoisotopic (exact) mass is 406 g/mol. The van der Waals surface area contributed by atoms with Crippen LogP contribution in [0.5, 0.6) is 11.5 Å². The van der Waals surface area contributed by atoms with Crippen molar-refractivity contribution in [2.24, 2.45) is 0 Å². The van der Waals surface area contributed by atoms with Crippen molar-refractivity contribution < 1.29 is 14.3 Å². The maximum absolute atomic E-state index is 12.7. The molecular formula is C20H20Cl2N2O3. The molecule has 0 N–H and O–H groups in total. The molecule has 2 aromatic carbocycles. The quantitative estimate of drug-likeness (QED) is 0.778. The van der Waals surface area contributed by atoms with E-state index >= 15 is 0 Å². The van der Waals surface area contributed by atoms with E-state index in [4.69, 9.17) is 32.7 Å². The third-order valence-electron chi connectivity index (χ3n) is 4.83. The Morgan fingerprint density at radius 3 is 2.44 bits per heavy atom. The predicted molar refractivity (Wildman–Crippen MR) is 105 cm³/mol. The van der Waals surface area contributed by atoms with Crippen LogP contribution < -0.4 is 9.47 Å². The lowest BCUT2D eigenvalue weighted by Crippen LogP contribution is -2.48. The summed E-state index contributed by atoms with van der Waals surface area (Å²) in [5.74, 6) is 1.54. The van der Waals surface area contributed by atoms with Crippen LogP contribution in [0.4, 0.5) is 0 Å². The zero-order valence-electron chi connectivity index (χ0n) is 14.8. The minimum Gasteiger partial charge on any atom is -0.486 e. The number of fused-ring (bicyclic) bond motifs is 1. The molecule has 2 aliphatic rings. The molecule has 0 unspecified atom stereocenters. The molecule has 1 fully saturated rings. The molecule has 27 heavy (non-hydrogen) atoms. The van der Waals surface area contributed by atoms with Crippen LogP contribution in [-0.2, 0) is 6.54 Å². The lowest BCUT2D eigenvalue weighted by molar-refractivity contribution is 0.0628. The van der Waals surface area contributed by atoms with E-state index in [1.165, 1.54) is 5.56 Å². The van der Waals surface area contributed by atoms with Crippen molar-refractivity contribution in [3.63, 3.8) is 0 Å². The number of amides is 1. The van der Waals surface area contributed by atoms with Gasteiger partial charge < -0.3 is 14.4 Å². The summed E-state index contributed by atoms with van der Waals surface area (Å²) >= 11 is 12.2. The zero-order chi connectivity index (χ0) is 18.8. The van der Waals surface area contributed by atoms with Crippen LogP contribution in [0.2, 0.25) is 10.0 Å². The van der Waals surface area contributed by atoms with Crippen molar-refractivity contribution in [2.75, 3.05) is 39.4 Å². The highest BCUT2D eigenvalue weighted by molar-refractivity contribution is 6.35. The van der Waals surface area contributed by atoms with Gasteiger partial charge in [0.2, 0.25) is 0 Å². The summed E-state index contributed by atoms with van der Waals surface area (Å²) in [6.45, 7) is 4.92. The number of ether oxygens (including phenoxy) is 2. The third kappa shape index (κ3) is 4.15. The van der Waals surface area contributed by atoms with Gasteiger partial charge in [-0.2, -0.15) is 0 Å². The van der Waals surface area contributed by atoms with Gasteiger partial charge in [-0.3, -0.25) is 9.69 Å². The summed E-state index contributed by atoms with van der Waals surface area (Å²) < 4.78 is 11.2. The Bertz CT molecular complexity index is 851. The molecule has 0 saturated carbocycles. The molecule has 1 saturated heterocycles. The Labute approximate surface area is 168 Å². The first-order chi connectivity index (χ1) is 13.1. The van der Waals surface area contributed by atoms with Crippen molar-refractivity contribution in [3.05, 3.63) is 57.6 Å². The van der Waals surface area contributed by atoms with Gasteiger partial charge in [-0.1, -0.05) is 29.3 Å². The normalized spacial score (nSPS) is 17.0. The average molecular weight is 407 g/mol. The standard InChI is InChI=1S/C20H20Cl2N2O3/c21-15-2-3-17(22)16(12-15)20(25)24-7-5-23(6-8-24)13-14-1-4-18-19(11-14)27-10-9-26-18/h1-4,11-12H,5-10,13H2. The molecule has 0 bridgehead atoms. The molecule has 2 aromatic rings. The van der Waals surface area contributed by atoms with E-state index < -0.39 is 0 Å². The van der Waals surface area contributed by atoms with Crippen molar-refractivity contribution >= 4 is 29.1 Å². The lowest BCUT2D eigenvalue weighted by atomic mass is 10.1. The first kappa shape index (κ1) is 18.4. The first-order valence-corrected chi connectivity index (χ1v) is 9.71. The Morgan fingerprint density at radius 2 is 1.67 bits per heavy atom. The van der Waals surface area contributed by atoms with Gasteiger partial charge in [0.25, 0.3) is 5.91 Å². The fourth-order valence-corrected chi connectivity index (χ4v) is 3.76. The Hall–Kier alpha value is -1.95. The molecule has 1 amide bonds. The number of nitrogens with zero attached hydrogens (tertiary/aromatic N) is 2. The van der Waals surface area contributed by atoms with Gasteiger partial charge in [0, 0.05) is 37.7 Å². The number of benzene rings is 2. The predicted octanol–water partition coefficient (Wildman–Crippen LogP) is 3.72. The van der Waals surface area contributed by atoms with Crippen molar-refractivity contribution in [1.82, 2.24) is 9.80 Å². The Kier molecular flexibility index (Phi) is 5.43. The van der Waals surface area contributed by atoms with Gasteiger partial charge in [0.05, 0.1) is 10.6 Å². The van der Waals surface area contributed by atoms with E-state index in [0.29, 0.717) is 41.9 Å². The van der Waals surface area contributed by atoms with Crippen LogP contribution in [-0.4, -0.2) is 55.1 Å². The van der Waals surface area contributed by atoms with E-state index in [2.05, 4.69) is 11.0 Å². The molecule has 7 heteroatoms. The SMILES string of the molecule is O=C(c1cc(Cl)ccc1Cl)N1CCN(Cc2ccc3c(c2)OCCO3)CC1. The number of carbonyl (C=O) groups excluding carboxylic acids is 1. The average Bonchev–Trinajstić information content (AvgIpc) is 2.70. The molecule has 2 heterocycles. The first-order valence-electron chi connectivity index (χ1n) is 8.95. The summed E-state index contributed by atoms with van der Waals surface area (Å²) in [5, 5.41) is 0.947. The topological polar surface area (TPSA) is 42.0 Å². The molecule has 5 nitrogen and oxygen atoms in total. The fourth-order valence-electron chi connectivity index (χ4n) is 3.39. The van der Waals surface area contributed by atoms with Gasteiger partial charge in [-0.15, -0.1) is 0 Å². The third-order valence-corrected chi connectivity index (χ3v) is 5.40. The maximum Gasteiger partial charge on any atom is 0.255 e. The van der Waals surface area contributed by atoms with E-state index in [0.717, 1.165) is 31.1 Å². The van der Waals surface area contributed by atoms with Crippen LogP contribution in [0.3, 0.4) is 0 Å². The second kappa shape index (κ2) is 7.97. The highest BCUT2D eigenvalue weighted by Gasteiger charge is 2.24. The van der Waals surface area contributed by atoms with Crippen LogP contribution in [0.25, 0.3) is 0 Å². The summed E-state index contributed by atoms with van der Waals surface area (Å²) in [7, 11) is 0. The Balaban J connectivity index is 1.36. The second-order valence-corrected chi connectivity index (χ2v) is 7.51. The molecule has 0 aromatic heterocycles. The van der Waals surface area contributed by atoms with E-state index in [1.54, 1.807) is 18.2 Å². The summed E-state index contributed by atoms with van der Waals surface area (Å²) in [6.07, 6.45) is 0. The van der Waals surface area contributed by atoms with E-state index in [9.17, 15) is 4.79 Å². The van der Waals surface area contributed by atoms with Crippen LogP contribution >= 0.6 is 23.2 Å². The summed E-state index contributed by atoms with van der Waals surface area (Å²) in [5.41, 5.74) is 1.64. The molecule has 0 spiro atoms. The number of carbonyl (C=O) groups is 1. The van der Waals surface area contributed by atoms with Crippen molar-refractivity contribution in [2.45, 2.75) is 6.54 Å². The minimum atomic E-state index is -0.0681. The van der Waals surface area contributed by atoms with E-state index in [1.807, 2.05) is 17.0 Å². The zero-order valence-corrected chi connectivity index (χ0v) is 16.3. The van der Waals surface area contributed by atoms with E-state index in [-0.39, 0.29) is 5.91 Å². The molecule has 142 valence electrons. The van der Waals surface area contributed by atoms with Crippen molar-refractivity contribution in [1.29, 1.82) is 0 Å². The number of hydrogen-bond donors (Lipinski definition) is 0. The number of hydrogen-bond acceptors (Lipinski definition) is 4. The Morgan fingerprint density at radius 1 is 0.926 bits per heavy atom. The number of halogens is 2. The van der Waals surface area contributed by atoms with Gasteiger partial charge in [-0.05, 0) is 35.9 Å².